The van der Waals surface area contributed by atoms with Crippen LogP contribution in [0.15, 0.2) is 0 Å². The van der Waals surface area contributed by atoms with Crippen molar-refractivity contribution in [3.8, 4) is 0 Å². The van der Waals surface area contributed by atoms with Gasteiger partial charge in [0, 0.05) is 24.3 Å². The molecule has 16 heavy (non-hydrogen) atoms. The Morgan fingerprint density at radius 1 is 1.06 bits per heavy atom. The Labute approximate surface area is 99.9 Å². The summed E-state index contributed by atoms with van der Waals surface area (Å²) < 4.78 is 11.9. The van der Waals surface area contributed by atoms with Crippen LogP contribution in [0.2, 0.25) is 0 Å². The minimum absolute atomic E-state index is 0. The maximum atomic E-state index is 5.96. The lowest BCUT2D eigenvalue weighted by Crippen LogP contribution is -2.51. The quantitative estimate of drug-likeness (QED) is 0.749. The average molecular weight is 229 g/mol. The summed E-state index contributed by atoms with van der Waals surface area (Å²) in [6.45, 7) is 6.05. The molecular formula is C13H27NO2. The molecule has 1 saturated carbocycles. The van der Waals surface area contributed by atoms with Crippen LogP contribution >= 0.6 is 0 Å². The van der Waals surface area contributed by atoms with Gasteiger partial charge < -0.3 is 14.8 Å². The second-order valence-corrected chi connectivity index (χ2v) is 5.72. The van der Waals surface area contributed by atoms with Gasteiger partial charge in [0.2, 0.25) is 0 Å². The van der Waals surface area contributed by atoms with E-state index in [0.29, 0.717) is 6.04 Å². The summed E-state index contributed by atoms with van der Waals surface area (Å²) in [5.74, 6) is -0.247. The largest absolute Gasteiger partial charge is 0.349 e. The Bertz CT molecular complexity index is 208. The number of hydrogen-bond donors (Lipinski definition) is 1. The normalized spacial score (nSPS) is 28.7. The first-order valence-corrected chi connectivity index (χ1v) is 6.00. The first-order chi connectivity index (χ1) is 7.05. The lowest BCUT2D eigenvalue weighted by molar-refractivity contribution is -0.310. The van der Waals surface area contributed by atoms with Gasteiger partial charge in [0.15, 0.2) is 5.79 Å². The van der Waals surface area contributed by atoms with E-state index in [1.165, 1.54) is 0 Å². The third-order valence-corrected chi connectivity index (χ3v) is 3.61. The fourth-order valence-corrected chi connectivity index (χ4v) is 2.37. The monoisotopic (exact) mass is 229 g/mol. The Kier molecular flexibility index (Phi) is 4.38. The van der Waals surface area contributed by atoms with Crippen molar-refractivity contribution in [3.63, 3.8) is 0 Å². The molecule has 0 unspecified atom stereocenters. The summed E-state index contributed by atoms with van der Waals surface area (Å²) >= 11 is 0. The topological polar surface area (TPSA) is 30.5 Å². The highest BCUT2D eigenvalue weighted by atomic mass is 16.7. The van der Waals surface area contributed by atoms with Crippen molar-refractivity contribution in [1.82, 2.24) is 5.32 Å². The van der Waals surface area contributed by atoms with E-state index >= 15 is 0 Å². The maximum Gasteiger partial charge on any atom is 0.168 e. The molecule has 2 rings (SSSR count). The number of hydrogen-bond acceptors (Lipinski definition) is 3. The average Bonchev–Trinajstić information content (AvgIpc) is 2.24. The van der Waals surface area contributed by atoms with Crippen LogP contribution in [0.25, 0.3) is 0 Å². The van der Waals surface area contributed by atoms with E-state index in [9.17, 15) is 0 Å². The zero-order valence-electron chi connectivity index (χ0n) is 10.1. The molecule has 2 fully saturated rings. The smallest absolute Gasteiger partial charge is 0.168 e. The van der Waals surface area contributed by atoms with E-state index in [0.717, 1.165) is 38.9 Å². The van der Waals surface area contributed by atoms with Crippen LogP contribution < -0.4 is 5.32 Å². The highest BCUT2D eigenvalue weighted by Crippen LogP contribution is 2.38. The summed E-state index contributed by atoms with van der Waals surface area (Å²) in [5.41, 5.74) is 0.186. The van der Waals surface area contributed by atoms with E-state index in [-0.39, 0.29) is 18.6 Å². The van der Waals surface area contributed by atoms with Gasteiger partial charge in [0.1, 0.15) is 0 Å². The Hall–Kier alpha value is -0.120. The van der Waals surface area contributed by atoms with Crippen LogP contribution in [0, 0.1) is 5.41 Å². The van der Waals surface area contributed by atoms with Crippen molar-refractivity contribution in [2.24, 2.45) is 5.41 Å². The highest BCUT2D eigenvalue weighted by molar-refractivity contribution is 4.86. The van der Waals surface area contributed by atoms with E-state index in [1.807, 2.05) is 7.05 Å². The third kappa shape index (κ3) is 2.96. The molecule has 0 aromatic rings. The molecule has 1 spiro atoms. The van der Waals surface area contributed by atoms with Crippen LogP contribution in [-0.4, -0.2) is 32.1 Å². The van der Waals surface area contributed by atoms with Gasteiger partial charge in [-0.05, 0) is 19.9 Å². The van der Waals surface area contributed by atoms with Crippen molar-refractivity contribution < 1.29 is 9.47 Å². The molecule has 0 aromatic heterocycles. The predicted octanol–water partition coefficient (Wildman–Crippen LogP) is 2.55. The molecule has 1 heterocycles. The van der Waals surface area contributed by atoms with E-state index in [2.05, 4.69) is 19.2 Å². The summed E-state index contributed by atoms with van der Waals surface area (Å²) in [5, 5.41) is 3.33. The van der Waals surface area contributed by atoms with Gasteiger partial charge >= 0.3 is 0 Å². The molecule has 1 saturated heterocycles. The molecule has 0 bridgehead atoms. The molecule has 1 N–H and O–H groups in total. The van der Waals surface area contributed by atoms with Gasteiger partial charge in [0.05, 0.1) is 13.2 Å². The second-order valence-electron chi connectivity index (χ2n) is 5.72. The van der Waals surface area contributed by atoms with Gasteiger partial charge in [0.25, 0.3) is 0 Å². The summed E-state index contributed by atoms with van der Waals surface area (Å²) in [7, 11) is 2.04. The molecule has 0 amide bonds. The van der Waals surface area contributed by atoms with E-state index < -0.39 is 0 Å². The SMILES string of the molecule is C.CNC1CCC2(CC1)OCC(C)(C)CO2. The second kappa shape index (κ2) is 5.03. The fourth-order valence-electron chi connectivity index (χ4n) is 2.37. The standard InChI is InChI=1S/C12H23NO2.CH4/c1-11(2)8-14-12(15-9-11)6-4-10(13-3)5-7-12;/h10,13H,4-9H2,1-3H3;1H4. The van der Waals surface area contributed by atoms with Crippen LogP contribution in [0.4, 0.5) is 0 Å². The summed E-state index contributed by atoms with van der Waals surface area (Å²) in [6.07, 6.45) is 4.40. The van der Waals surface area contributed by atoms with Gasteiger partial charge in [-0.25, -0.2) is 0 Å². The van der Waals surface area contributed by atoms with Crippen molar-refractivity contribution in [3.05, 3.63) is 0 Å². The molecule has 0 radical (unpaired) electrons. The van der Waals surface area contributed by atoms with Gasteiger partial charge in [-0.2, -0.15) is 0 Å². The Morgan fingerprint density at radius 2 is 1.56 bits per heavy atom. The molecule has 0 aromatic carbocycles. The summed E-state index contributed by atoms with van der Waals surface area (Å²) in [4.78, 5) is 0. The van der Waals surface area contributed by atoms with Gasteiger partial charge in [-0.1, -0.05) is 21.3 Å². The first-order valence-electron chi connectivity index (χ1n) is 6.00. The lowest BCUT2D eigenvalue weighted by atomic mass is 9.87. The molecule has 96 valence electrons. The highest BCUT2D eigenvalue weighted by Gasteiger charge is 2.42. The first kappa shape index (κ1) is 13.9. The lowest BCUT2D eigenvalue weighted by Gasteiger charge is -2.46. The zero-order valence-corrected chi connectivity index (χ0v) is 10.1. The van der Waals surface area contributed by atoms with Crippen LogP contribution in [0.3, 0.4) is 0 Å². The number of rotatable bonds is 1. The van der Waals surface area contributed by atoms with E-state index in [1.54, 1.807) is 0 Å². The van der Waals surface area contributed by atoms with Crippen LogP contribution in [0.1, 0.15) is 47.0 Å². The van der Waals surface area contributed by atoms with Gasteiger partial charge in [-0.15, -0.1) is 0 Å². The minimum atomic E-state index is -0.247. The molecular weight excluding hydrogens is 202 g/mol. The van der Waals surface area contributed by atoms with E-state index in [4.69, 9.17) is 9.47 Å². The minimum Gasteiger partial charge on any atom is -0.349 e. The van der Waals surface area contributed by atoms with Crippen molar-refractivity contribution in [2.75, 3.05) is 20.3 Å². The van der Waals surface area contributed by atoms with Crippen LogP contribution in [-0.2, 0) is 9.47 Å². The third-order valence-electron chi connectivity index (χ3n) is 3.61. The molecule has 2 aliphatic rings. The Balaban J connectivity index is 0.00000128. The predicted molar refractivity (Wildman–Crippen MR) is 66.5 cm³/mol. The number of nitrogens with one attached hydrogen (secondary N) is 1. The zero-order chi connectivity index (χ0) is 10.9. The van der Waals surface area contributed by atoms with Gasteiger partial charge in [-0.3, -0.25) is 0 Å². The fraction of sp³-hybridized carbons (Fsp3) is 1.00. The number of ether oxygens (including phenoxy) is 2. The molecule has 3 nitrogen and oxygen atoms in total. The van der Waals surface area contributed by atoms with Crippen molar-refractivity contribution >= 4 is 0 Å². The maximum absolute atomic E-state index is 5.96. The molecule has 1 aliphatic carbocycles. The molecule has 0 atom stereocenters. The van der Waals surface area contributed by atoms with Crippen molar-refractivity contribution in [1.29, 1.82) is 0 Å². The van der Waals surface area contributed by atoms with Crippen molar-refractivity contribution in [2.45, 2.75) is 58.8 Å². The summed E-state index contributed by atoms with van der Waals surface area (Å²) in [6, 6.07) is 0.651. The Morgan fingerprint density at radius 3 is 2.00 bits per heavy atom. The molecule has 1 aliphatic heterocycles. The molecule has 3 heteroatoms. The van der Waals surface area contributed by atoms with Crippen LogP contribution in [0.5, 0.6) is 0 Å².